The number of anilines is 1. The third-order valence-corrected chi connectivity index (χ3v) is 3.85. The van der Waals surface area contributed by atoms with Gasteiger partial charge in [0.15, 0.2) is 0 Å². The average molecular weight is 262 g/mol. The Kier molecular flexibility index (Phi) is 4.75. The van der Waals surface area contributed by atoms with E-state index in [1.165, 1.54) is 25.9 Å². The van der Waals surface area contributed by atoms with Crippen LogP contribution in [0.25, 0.3) is 0 Å². The summed E-state index contributed by atoms with van der Waals surface area (Å²) in [6, 6.07) is 2.07. The molecule has 4 nitrogen and oxygen atoms in total. The molecule has 1 aromatic rings. The molecule has 106 valence electrons. The highest BCUT2D eigenvalue weighted by Crippen LogP contribution is 2.18. The van der Waals surface area contributed by atoms with Crippen LogP contribution >= 0.6 is 0 Å². The first kappa shape index (κ1) is 14.3. The first-order valence-corrected chi connectivity index (χ1v) is 7.32. The van der Waals surface area contributed by atoms with Crippen molar-refractivity contribution < 1.29 is 0 Å². The second-order valence-electron chi connectivity index (χ2n) is 6.04. The normalized spacial score (nSPS) is 17.9. The molecule has 1 aromatic heterocycles. The molecular formula is C15H26N4. The molecule has 0 radical (unpaired) electrons. The molecule has 1 N–H and O–H groups in total. The molecule has 1 saturated heterocycles. The molecule has 0 bridgehead atoms. The summed E-state index contributed by atoms with van der Waals surface area (Å²) in [5, 5.41) is 3.42. The van der Waals surface area contributed by atoms with Crippen LogP contribution < -0.4 is 5.32 Å². The number of aromatic nitrogens is 2. The molecule has 0 atom stereocenters. The lowest BCUT2D eigenvalue weighted by molar-refractivity contribution is 0.226. The monoisotopic (exact) mass is 262 g/mol. The van der Waals surface area contributed by atoms with Crippen molar-refractivity contribution in [1.82, 2.24) is 14.9 Å². The average Bonchev–Trinajstić information content (AvgIpc) is 2.37. The zero-order valence-corrected chi connectivity index (χ0v) is 12.6. The zero-order valence-electron chi connectivity index (χ0n) is 12.6. The van der Waals surface area contributed by atoms with Gasteiger partial charge in [-0.05, 0) is 57.8 Å². The lowest BCUT2D eigenvalue weighted by atomic mass is 9.97. The van der Waals surface area contributed by atoms with Crippen molar-refractivity contribution in [2.24, 2.45) is 5.92 Å². The molecule has 0 spiro atoms. The van der Waals surface area contributed by atoms with E-state index in [0.717, 1.165) is 29.8 Å². The second kappa shape index (κ2) is 6.33. The van der Waals surface area contributed by atoms with E-state index in [2.05, 4.69) is 47.1 Å². The molecule has 0 aliphatic carbocycles. The Morgan fingerprint density at radius 3 is 2.63 bits per heavy atom. The Bertz CT molecular complexity index is 409. The van der Waals surface area contributed by atoms with E-state index in [1.54, 1.807) is 0 Å². The number of hydrogen-bond acceptors (Lipinski definition) is 4. The number of hydrogen-bond donors (Lipinski definition) is 1. The third kappa shape index (κ3) is 4.16. The van der Waals surface area contributed by atoms with E-state index < -0.39 is 0 Å². The van der Waals surface area contributed by atoms with Gasteiger partial charge >= 0.3 is 0 Å². The summed E-state index contributed by atoms with van der Waals surface area (Å²) >= 11 is 0. The Labute approximate surface area is 116 Å². The van der Waals surface area contributed by atoms with Gasteiger partial charge < -0.3 is 10.2 Å². The van der Waals surface area contributed by atoms with Crippen LogP contribution in [0.2, 0.25) is 0 Å². The van der Waals surface area contributed by atoms with Crippen LogP contribution in [-0.2, 0) is 0 Å². The van der Waals surface area contributed by atoms with Crippen molar-refractivity contribution in [3.05, 3.63) is 17.5 Å². The number of nitrogens with zero attached hydrogens (tertiary/aromatic N) is 3. The van der Waals surface area contributed by atoms with Gasteiger partial charge in [0.25, 0.3) is 0 Å². The number of aryl methyl sites for hydroxylation is 1. The summed E-state index contributed by atoms with van der Waals surface area (Å²) in [4.78, 5) is 11.5. The van der Waals surface area contributed by atoms with Gasteiger partial charge in [0.05, 0.1) is 0 Å². The minimum atomic E-state index is 0.450. The highest BCUT2D eigenvalue weighted by Gasteiger charge is 2.16. The van der Waals surface area contributed by atoms with Crippen LogP contribution in [0.3, 0.4) is 0 Å². The van der Waals surface area contributed by atoms with Gasteiger partial charge in [0, 0.05) is 17.9 Å². The Morgan fingerprint density at radius 2 is 2.00 bits per heavy atom. The maximum absolute atomic E-state index is 4.60. The summed E-state index contributed by atoms with van der Waals surface area (Å²) in [6.45, 7) is 9.78. The maximum Gasteiger partial charge on any atom is 0.223 e. The highest BCUT2D eigenvalue weighted by atomic mass is 15.1. The van der Waals surface area contributed by atoms with Crippen LogP contribution in [0, 0.1) is 12.8 Å². The molecule has 0 saturated carbocycles. The Hall–Kier alpha value is -1.16. The predicted molar refractivity (Wildman–Crippen MR) is 79.6 cm³/mol. The van der Waals surface area contributed by atoms with E-state index in [-0.39, 0.29) is 0 Å². The maximum atomic E-state index is 4.60. The van der Waals surface area contributed by atoms with Gasteiger partial charge in [0.1, 0.15) is 0 Å². The fourth-order valence-corrected chi connectivity index (χ4v) is 2.47. The molecule has 2 heterocycles. The third-order valence-electron chi connectivity index (χ3n) is 3.85. The van der Waals surface area contributed by atoms with Gasteiger partial charge in [-0.3, -0.25) is 0 Å². The van der Waals surface area contributed by atoms with Crippen molar-refractivity contribution in [3.63, 3.8) is 0 Å². The molecule has 1 aliphatic rings. The minimum absolute atomic E-state index is 0.450. The van der Waals surface area contributed by atoms with Crippen molar-refractivity contribution in [2.75, 3.05) is 32.0 Å². The largest absolute Gasteiger partial charge is 0.354 e. The first-order chi connectivity index (χ1) is 9.04. The Balaban J connectivity index is 1.92. The summed E-state index contributed by atoms with van der Waals surface area (Å²) in [5.41, 5.74) is 2.17. The SMILES string of the molecule is Cc1cc(C(C)C)nc(NCC2CCN(C)CC2)n1. The smallest absolute Gasteiger partial charge is 0.223 e. The van der Waals surface area contributed by atoms with Gasteiger partial charge in [-0.15, -0.1) is 0 Å². The van der Waals surface area contributed by atoms with E-state index in [0.29, 0.717) is 5.92 Å². The van der Waals surface area contributed by atoms with Crippen molar-refractivity contribution in [1.29, 1.82) is 0 Å². The summed E-state index contributed by atoms with van der Waals surface area (Å²) in [7, 11) is 2.20. The molecule has 4 heteroatoms. The van der Waals surface area contributed by atoms with Crippen molar-refractivity contribution in [3.8, 4) is 0 Å². The van der Waals surface area contributed by atoms with Gasteiger partial charge in [0.2, 0.25) is 5.95 Å². The number of likely N-dealkylation sites (tertiary alicyclic amines) is 1. The quantitative estimate of drug-likeness (QED) is 0.905. The number of rotatable bonds is 4. The van der Waals surface area contributed by atoms with Crippen molar-refractivity contribution in [2.45, 2.75) is 39.5 Å². The first-order valence-electron chi connectivity index (χ1n) is 7.32. The summed E-state index contributed by atoms with van der Waals surface area (Å²) < 4.78 is 0. The minimum Gasteiger partial charge on any atom is -0.354 e. The molecule has 0 aromatic carbocycles. The van der Waals surface area contributed by atoms with Crippen LogP contribution in [-0.4, -0.2) is 41.5 Å². The molecule has 0 unspecified atom stereocenters. The summed E-state index contributed by atoms with van der Waals surface area (Å²) in [5.74, 6) is 2.00. The van der Waals surface area contributed by atoms with E-state index in [4.69, 9.17) is 0 Å². The standard InChI is InChI=1S/C15H26N4/c1-11(2)14-9-12(3)17-15(18-14)16-10-13-5-7-19(4)8-6-13/h9,11,13H,5-8,10H2,1-4H3,(H,16,17,18). The van der Waals surface area contributed by atoms with Gasteiger partial charge in [-0.1, -0.05) is 13.8 Å². The van der Waals surface area contributed by atoms with Crippen molar-refractivity contribution >= 4 is 5.95 Å². The highest BCUT2D eigenvalue weighted by molar-refractivity contribution is 5.29. The summed E-state index contributed by atoms with van der Waals surface area (Å²) in [6.07, 6.45) is 2.54. The van der Waals surface area contributed by atoms with Crippen LogP contribution in [0.4, 0.5) is 5.95 Å². The van der Waals surface area contributed by atoms with Gasteiger partial charge in [-0.25, -0.2) is 9.97 Å². The fraction of sp³-hybridized carbons (Fsp3) is 0.733. The number of piperidine rings is 1. The van der Waals surface area contributed by atoms with E-state index >= 15 is 0 Å². The topological polar surface area (TPSA) is 41.1 Å². The predicted octanol–water partition coefficient (Wildman–Crippen LogP) is 2.66. The molecular weight excluding hydrogens is 236 g/mol. The van der Waals surface area contributed by atoms with E-state index in [1.807, 2.05) is 6.92 Å². The lowest BCUT2D eigenvalue weighted by Gasteiger charge is -2.29. The molecule has 2 rings (SSSR count). The van der Waals surface area contributed by atoms with Gasteiger partial charge in [-0.2, -0.15) is 0 Å². The molecule has 1 aliphatic heterocycles. The number of nitrogens with one attached hydrogen (secondary N) is 1. The van der Waals surface area contributed by atoms with E-state index in [9.17, 15) is 0 Å². The molecule has 1 fully saturated rings. The fourth-order valence-electron chi connectivity index (χ4n) is 2.47. The second-order valence-corrected chi connectivity index (χ2v) is 6.04. The van der Waals surface area contributed by atoms with Crippen LogP contribution in [0.15, 0.2) is 6.07 Å². The molecule has 0 amide bonds. The molecule has 19 heavy (non-hydrogen) atoms. The van der Waals surface area contributed by atoms with Crippen LogP contribution in [0.1, 0.15) is 44.0 Å². The zero-order chi connectivity index (χ0) is 13.8. The lowest BCUT2D eigenvalue weighted by Crippen LogP contribution is -2.33. The Morgan fingerprint density at radius 1 is 1.32 bits per heavy atom. The van der Waals surface area contributed by atoms with Crippen LogP contribution in [0.5, 0.6) is 0 Å².